The van der Waals surface area contributed by atoms with E-state index in [9.17, 15) is 9.59 Å². The number of carbonyl (C=O) groups is 2. The highest BCUT2D eigenvalue weighted by molar-refractivity contribution is 6.02. The molecule has 2 aromatic heterocycles. The Morgan fingerprint density at radius 3 is 2.52 bits per heavy atom. The second-order valence-electron chi connectivity index (χ2n) is 7.03. The van der Waals surface area contributed by atoms with Crippen LogP contribution in [0.2, 0.25) is 0 Å². The van der Waals surface area contributed by atoms with E-state index < -0.39 is 0 Å². The maximum absolute atomic E-state index is 12.8. The number of carbonyl (C=O) groups excluding carboxylic acids is 2. The van der Waals surface area contributed by atoms with Gasteiger partial charge in [0.25, 0.3) is 11.8 Å². The molecular weight excluding hydrogens is 316 g/mol. The first kappa shape index (κ1) is 17.5. The van der Waals surface area contributed by atoms with Gasteiger partial charge in [-0.05, 0) is 38.8 Å². The third kappa shape index (κ3) is 4.00. The lowest BCUT2D eigenvalue weighted by molar-refractivity contribution is 0.0922. The molecule has 2 N–H and O–H groups in total. The summed E-state index contributed by atoms with van der Waals surface area (Å²) in [6.45, 7) is 3.80. The van der Waals surface area contributed by atoms with Crippen LogP contribution in [-0.4, -0.2) is 33.3 Å². The molecule has 1 saturated carbocycles. The number of aromatic nitrogens is 2. The van der Waals surface area contributed by atoms with Gasteiger partial charge in [-0.1, -0.05) is 31.7 Å². The maximum Gasteiger partial charge on any atom is 0.287 e. The zero-order chi connectivity index (χ0) is 17.8. The smallest absolute Gasteiger partial charge is 0.287 e. The molecule has 2 heterocycles. The fraction of sp³-hybridized carbons (Fsp3) is 0.526. The molecule has 3 rings (SSSR count). The Labute approximate surface area is 148 Å². The van der Waals surface area contributed by atoms with Crippen LogP contribution in [-0.2, 0) is 0 Å². The Bertz CT molecular complexity index is 758. The van der Waals surface area contributed by atoms with Crippen LogP contribution in [0.5, 0.6) is 0 Å². The summed E-state index contributed by atoms with van der Waals surface area (Å²) >= 11 is 0. The van der Waals surface area contributed by atoms with Gasteiger partial charge in [0.05, 0.1) is 5.52 Å². The van der Waals surface area contributed by atoms with E-state index in [2.05, 4.69) is 15.6 Å². The molecule has 0 saturated heterocycles. The average molecular weight is 342 g/mol. The number of nitrogens with one attached hydrogen (secondary N) is 2. The standard InChI is InChI=1S/C19H26N4O2/c1-13(2)20-18(24)16-15-11-7-8-12-23(15)17(22-16)19(25)21-14-9-5-3-4-6-10-14/h7-8,11-14H,3-6,9-10H2,1-2H3,(H,20,24)(H,21,25). The predicted molar refractivity (Wildman–Crippen MR) is 96.8 cm³/mol. The lowest BCUT2D eigenvalue weighted by Crippen LogP contribution is -2.35. The number of rotatable bonds is 4. The Balaban J connectivity index is 1.87. The van der Waals surface area contributed by atoms with Gasteiger partial charge in [-0.2, -0.15) is 0 Å². The fourth-order valence-electron chi connectivity index (χ4n) is 3.37. The summed E-state index contributed by atoms with van der Waals surface area (Å²) in [5.41, 5.74) is 0.937. The van der Waals surface area contributed by atoms with E-state index in [0.717, 1.165) is 25.7 Å². The molecule has 6 nitrogen and oxygen atoms in total. The van der Waals surface area contributed by atoms with Crippen LogP contribution >= 0.6 is 0 Å². The summed E-state index contributed by atoms with van der Waals surface area (Å²) in [6, 6.07) is 5.69. The van der Waals surface area contributed by atoms with Crippen LogP contribution in [0.15, 0.2) is 24.4 Å². The molecule has 0 aliphatic heterocycles. The van der Waals surface area contributed by atoms with Gasteiger partial charge in [0.1, 0.15) is 0 Å². The monoisotopic (exact) mass is 342 g/mol. The van der Waals surface area contributed by atoms with E-state index in [0.29, 0.717) is 11.2 Å². The average Bonchev–Trinajstić information content (AvgIpc) is 2.78. The largest absolute Gasteiger partial charge is 0.348 e. The van der Waals surface area contributed by atoms with Crippen molar-refractivity contribution in [3.05, 3.63) is 35.9 Å². The fourth-order valence-corrected chi connectivity index (χ4v) is 3.37. The summed E-state index contributed by atoms with van der Waals surface area (Å²) < 4.78 is 1.70. The van der Waals surface area contributed by atoms with E-state index in [1.165, 1.54) is 12.8 Å². The van der Waals surface area contributed by atoms with E-state index in [-0.39, 0.29) is 29.7 Å². The van der Waals surface area contributed by atoms with Crippen molar-refractivity contribution >= 4 is 17.3 Å². The molecule has 0 spiro atoms. The van der Waals surface area contributed by atoms with Gasteiger partial charge in [0.15, 0.2) is 5.69 Å². The highest BCUT2D eigenvalue weighted by atomic mass is 16.2. The Kier molecular flexibility index (Phi) is 5.36. The molecule has 0 bridgehead atoms. The van der Waals surface area contributed by atoms with Gasteiger partial charge < -0.3 is 10.6 Å². The molecule has 2 aromatic rings. The molecule has 1 aliphatic carbocycles. The molecule has 25 heavy (non-hydrogen) atoms. The van der Waals surface area contributed by atoms with Crippen molar-refractivity contribution in [2.75, 3.05) is 0 Å². The number of imidazole rings is 1. The van der Waals surface area contributed by atoms with E-state index in [1.807, 2.05) is 32.0 Å². The first-order valence-corrected chi connectivity index (χ1v) is 9.15. The Hall–Kier alpha value is -2.37. The number of fused-ring (bicyclic) bond motifs is 1. The molecule has 1 fully saturated rings. The lowest BCUT2D eigenvalue weighted by atomic mass is 10.1. The highest BCUT2D eigenvalue weighted by Gasteiger charge is 2.23. The summed E-state index contributed by atoms with van der Waals surface area (Å²) in [6.07, 6.45) is 8.56. The van der Waals surface area contributed by atoms with Crippen LogP contribution in [0.4, 0.5) is 0 Å². The molecule has 0 unspecified atom stereocenters. The summed E-state index contributed by atoms with van der Waals surface area (Å²) in [4.78, 5) is 29.6. The lowest BCUT2D eigenvalue weighted by Gasteiger charge is -2.15. The number of amides is 2. The molecule has 0 aromatic carbocycles. The van der Waals surface area contributed by atoms with Crippen molar-refractivity contribution < 1.29 is 9.59 Å². The van der Waals surface area contributed by atoms with Crippen LogP contribution in [0.25, 0.3) is 5.52 Å². The van der Waals surface area contributed by atoms with Crippen molar-refractivity contribution in [2.45, 2.75) is 64.5 Å². The van der Waals surface area contributed by atoms with Crippen molar-refractivity contribution in [3.63, 3.8) is 0 Å². The minimum Gasteiger partial charge on any atom is -0.348 e. The second kappa shape index (κ2) is 7.68. The minimum absolute atomic E-state index is 0.0104. The van der Waals surface area contributed by atoms with Crippen molar-refractivity contribution in [2.24, 2.45) is 0 Å². The first-order chi connectivity index (χ1) is 12.1. The van der Waals surface area contributed by atoms with Crippen LogP contribution in [0, 0.1) is 0 Å². The molecule has 0 radical (unpaired) electrons. The van der Waals surface area contributed by atoms with Crippen LogP contribution < -0.4 is 10.6 Å². The van der Waals surface area contributed by atoms with Gasteiger partial charge in [-0.15, -0.1) is 0 Å². The number of pyridine rings is 1. The van der Waals surface area contributed by atoms with Crippen LogP contribution in [0.3, 0.4) is 0 Å². The van der Waals surface area contributed by atoms with E-state index in [1.54, 1.807) is 10.6 Å². The molecular formula is C19H26N4O2. The SMILES string of the molecule is CC(C)NC(=O)c1nc(C(=O)NC2CCCCCC2)n2ccccc12. The normalized spacial score (nSPS) is 16.0. The van der Waals surface area contributed by atoms with Gasteiger partial charge in [0, 0.05) is 18.3 Å². The van der Waals surface area contributed by atoms with Crippen molar-refractivity contribution in [1.29, 1.82) is 0 Å². The predicted octanol–water partition coefficient (Wildman–Crippen LogP) is 2.93. The number of hydrogen-bond donors (Lipinski definition) is 2. The zero-order valence-electron chi connectivity index (χ0n) is 14.9. The van der Waals surface area contributed by atoms with Gasteiger partial charge in [0.2, 0.25) is 5.82 Å². The number of nitrogens with zero attached hydrogens (tertiary/aromatic N) is 2. The topological polar surface area (TPSA) is 75.5 Å². The number of hydrogen-bond acceptors (Lipinski definition) is 3. The molecule has 6 heteroatoms. The van der Waals surface area contributed by atoms with E-state index >= 15 is 0 Å². The van der Waals surface area contributed by atoms with Gasteiger partial charge in [-0.3, -0.25) is 14.0 Å². The van der Waals surface area contributed by atoms with Crippen molar-refractivity contribution in [3.8, 4) is 0 Å². The highest BCUT2D eigenvalue weighted by Crippen LogP contribution is 2.18. The van der Waals surface area contributed by atoms with Crippen LogP contribution in [0.1, 0.15) is 73.5 Å². The van der Waals surface area contributed by atoms with E-state index in [4.69, 9.17) is 0 Å². The third-order valence-electron chi connectivity index (χ3n) is 4.58. The van der Waals surface area contributed by atoms with Gasteiger partial charge in [-0.25, -0.2) is 4.98 Å². The van der Waals surface area contributed by atoms with Crippen molar-refractivity contribution in [1.82, 2.24) is 20.0 Å². The summed E-state index contributed by atoms with van der Waals surface area (Å²) in [7, 11) is 0. The molecule has 1 aliphatic rings. The maximum atomic E-state index is 12.8. The zero-order valence-corrected chi connectivity index (χ0v) is 14.9. The third-order valence-corrected chi connectivity index (χ3v) is 4.58. The molecule has 0 atom stereocenters. The Morgan fingerprint density at radius 2 is 1.84 bits per heavy atom. The molecule has 134 valence electrons. The minimum atomic E-state index is -0.257. The second-order valence-corrected chi connectivity index (χ2v) is 7.03. The quantitative estimate of drug-likeness (QED) is 0.839. The summed E-state index contributed by atoms with van der Waals surface area (Å²) in [5, 5.41) is 5.95. The summed E-state index contributed by atoms with van der Waals surface area (Å²) in [5.74, 6) is -0.197. The first-order valence-electron chi connectivity index (χ1n) is 9.15. The van der Waals surface area contributed by atoms with Gasteiger partial charge >= 0.3 is 0 Å². The Morgan fingerprint density at radius 1 is 1.12 bits per heavy atom. The molecule has 2 amide bonds.